The number of nitrogens with zero attached hydrogens (tertiary/aromatic N) is 4. The molecule has 1 aromatic rings. The zero-order valence-corrected chi connectivity index (χ0v) is 12.1. The average molecular weight is 309 g/mol. The molecule has 0 N–H and O–H groups in total. The summed E-state index contributed by atoms with van der Waals surface area (Å²) in [4.78, 5) is 6.65. The van der Waals surface area contributed by atoms with Gasteiger partial charge in [0.2, 0.25) is 10.7 Å². The van der Waals surface area contributed by atoms with Crippen LogP contribution in [-0.4, -0.2) is 21.3 Å². The highest BCUT2D eigenvalue weighted by Crippen LogP contribution is 2.24. The Kier molecular flexibility index (Phi) is 4.36. The van der Waals surface area contributed by atoms with Gasteiger partial charge in [0.25, 0.3) is 0 Å². The molecule has 0 radical (unpaired) electrons. The number of hydrogen-bond donors (Lipinski definition) is 0. The Morgan fingerprint density at radius 2 is 2.17 bits per heavy atom. The Balaban J connectivity index is 2.42. The Bertz CT molecular complexity index is 487. The number of hydrogen-bond acceptors (Lipinski definition) is 3. The van der Waals surface area contributed by atoms with Crippen LogP contribution in [0.2, 0.25) is 0 Å². The van der Waals surface area contributed by atoms with Crippen LogP contribution in [0.15, 0.2) is 41.3 Å². The molecule has 0 spiro atoms. The molecule has 0 aliphatic carbocycles. The van der Waals surface area contributed by atoms with Gasteiger partial charge in [-0.05, 0) is 47.8 Å². The van der Waals surface area contributed by atoms with E-state index in [1.54, 1.807) is 6.08 Å². The number of aryl methyl sites for hydroxylation is 1. The van der Waals surface area contributed by atoms with Crippen molar-refractivity contribution in [2.45, 2.75) is 26.3 Å². The van der Waals surface area contributed by atoms with Crippen LogP contribution in [0.25, 0.3) is 0 Å². The van der Waals surface area contributed by atoms with Crippen molar-refractivity contribution < 1.29 is 0 Å². The smallest absolute Gasteiger partial charge is 0.229 e. The van der Waals surface area contributed by atoms with Gasteiger partial charge in [-0.25, -0.2) is 4.68 Å². The van der Waals surface area contributed by atoms with Crippen molar-refractivity contribution in [2.75, 3.05) is 11.4 Å². The summed E-state index contributed by atoms with van der Waals surface area (Å²) in [6.45, 7) is 7.65. The first-order chi connectivity index (χ1) is 8.76. The molecular formula is C13H17BrN4. The third kappa shape index (κ3) is 2.72. The van der Waals surface area contributed by atoms with Crippen molar-refractivity contribution in [2.24, 2.45) is 0 Å². The molecule has 1 aliphatic rings. The maximum atomic E-state index is 4.46. The van der Waals surface area contributed by atoms with E-state index >= 15 is 0 Å². The minimum absolute atomic E-state index is 0.642. The lowest BCUT2D eigenvalue weighted by Crippen LogP contribution is -2.24. The molecule has 18 heavy (non-hydrogen) atoms. The minimum atomic E-state index is 0.642. The minimum Gasteiger partial charge on any atom is -0.311 e. The molecule has 2 rings (SSSR count). The van der Waals surface area contributed by atoms with Crippen LogP contribution in [-0.2, 0) is 6.54 Å². The molecule has 96 valence electrons. The molecule has 0 saturated heterocycles. The van der Waals surface area contributed by atoms with Crippen molar-refractivity contribution >= 4 is 21.9 Å². The summed E-state index contributed by atoms with van der Waals surface area (Å²) in [5, 5.41) is 4.37. The summed E-state index contributed by atoms with van der Waals surface area (Å²) in [6.07, 6.45) is 10.1. The normalized spacial score (nSPS) is 16.8. The molecule has 2 heterocycles. The zero-order chi connectivity index (χ0) is 13.0. The van der Waals surface area contributed by atoms with Crippen LogP contribution in [0.5, 0.6) is 0 Å². The predicted octanol–water partition coefficient (Wildman–Crippen LogP) is 3.29. The van der Waals surface area contributed by atoms with Crippen molar-refractivity contribution in [3.05, 3.63) is 41.3 Å². The third-order valence-corrected chi connectivity index (χ3v) is 3.14. The Morgan fingerprint density at radius 1 is 1.39 bits per heavy atom. The molecule has 0 atom stereocenters. The molecule has 4 nitrogen and oxygen atoms in total. The second-order valence-electron chi connectivity index (χ2n) is 4.09. The molecule has 0 bridgehead atoms. The molecule has 0 unspecified atom stereocenters. The van der Waals surface area contributed by atoms with Crippen LogP contribution >= 0.6 is 15.9 Å². The van der Waals surface area contributed by atoms with Crippen LogP contribution in [0, 0.1) is 0 Å². The fourth-order valence-electron chi connectivity index (χ4n) is 2.06. The topological polar surface area (TPSA) is 34.0 Å². The van der Waals surface area contributed by atoms with Crippen LogP contribution in [0.1, 0.15) is 19.8 Å². The van der Waals surface area contributed by atoms with Crippen molar-refractivity contribution in [1.82, 2.24) is 14.8 Å². The quantitative estimate of drug-likeness (QED) is 0.804. The maximum absolute atomic E-state index is 4.46. The van der Waals surface area contributed by atoms with Crippen molar-refractivity contribution in [3.8, 4) is 0 Å². The number of fused-ring (bicyclic) bond motifs is 1. The van der Waals surface area contributed by atoms with E-state index in [0.717, 1.165) is 37.6 Å². The third-order valence-electron chi connectivity index (χ3n) is 2.81. The van der Waals surface area contributed by atoms with Gasteiger partial charge >= 0.3 is 0 Å². The number of aromatic nitrogens is 3. The first-order valence-electron chi connectivity index (χ1n) is 6.09. The first-order valence-corrected chi connectivity index (χ1v) is 6.89. The SMILES string of the molecule is C=C/C=C(\C=C/C)N1CCCCn2nc(Br)nc21. The van der Waals surface area contributed by atoms with Crippen molar-refractivity contribution in [3.63, 3.8) is 0 Å². The predicted molar refractivity (Wildman–Crippen MR) is 77.4 cm³/mol. The number of allylic oxidation sites excluding steroid dienone is 4. The van der Waals surface area contributed by atoms with Gasteiger partial charge in [0, 0.05) is 18.8 Å². The summed E-state index contributed by atoms with van der Waals surface area (Å²) in [7, 11) is 0. The van der Waals surface area contributed by atoms with E-state index in [9.17, 15) is 0 Å². The number of rotatable bonds is 3. The van der Waals surface area contributed by atoms with Gasteiger partial charge in [0.05, 0.1) is 0 Å². The number of anilines is 1. The van der Waals surface area contributed by atoms with Crippen LogP contribution in [0.3, 0.4) is 0 Å². The molecule has 1 aliphatic heterocycles. The van der Waals surface area contributed by atoms with Crippen LogP contribution < -0.4 is 4.90 Å². The van der Waals surface area contributed by atoms with Gasteiger partial charge in [0.1, 0.15) is 0 Å². The maximum Gasteiger partial charge on any atom is 0.229 e. The van der Waals surface area contributed by atoms with E-state index in [2.05, 4.69) is 43.6 Å². The molecular weight excluding hydrogens is 292 g/mol. The first kappa shape index (κ1) is 13.1. The lowest BCUT2D eigenvalue weighted by Gasteiger charge is -2.22. The molecule has 0 fully saturated rings. The highest BCUT2D eigenvalue weighted by atomic mass is 79.9. The van der Waals surface area contributed by atoms with Gasteiger partial charge < -0.3 is 4.90 Å². The summed E-state index contributed by atoms with van der Waals surface area (Å²) < 4.78 is 2.60. The fraction of sp³-hybridized carbons (Fsp3) is 0.385. The van der Waals surface area contributed by atoms with E-state index < -0.39 is 0 Å². The van der Waals surface area contributed by atoms with Crippen LogP contribution in [0.4, 0.5) is 5.95 Å². The zero-order valence-electron chi connectivity index (χ0n) is 10.5. The molecule has 5 heteroatoms. The standard InChI is InChI=1S/C13H17BrN4/c1-3-7-11(8-4-2)17-9-5-6-10-18-13(17)15-12(14)16-18/h3-4,7-8H,1,5-6,9-10H2,2H3/b8-4-,11-7+. The second kappa shape index (κ2) is 6.00. The Morgan fingerprint density at radius 3 is 2.89 bits per heavy atom. The highest BCUT2D eigenvalue weighted by molar-refractivity contribution is 9.10. The van der Waals surface area contributed by atoms with E-state index in [-0.39, 0.29) is 0 Å². The van der Waals surface area contributed by atoms with Crippen molar-refractivity contribution in [1.29, 1.82) is 0 Å². The molecule has 1 aromatic heterocycles. The van der Waals surface area contributed by atoms with Gasteiger partial charge in [0.15, 0.2) is 0 Å². The second-order valence-corrected chi connectivity index (χ2v) is 4.80. The lowest BCUT2D eigenvalue weighted by atomic mass is 10.2. The molecule has 0 aromatic carbocycles. The van der Waals surface area contributed by atoms with E-state index in [0.29, 0.717) is 4.73 Å². The van der Waals surface area contributed by atoms with Gasteiger partial charge in [-0.1, -0.05) is 18.7 Å². The molecule has 0 amide bonds. The average Bonchev–Trinajstić information content (AvgIpc) is 2.60. The van der Waals surface area contributed by atoms with E-state index in [1.807, 2.05) is 23.8 Å². The Hall–Kier alpha value is -1.36. The summed E-state index contributed by atoms with van der Waals surface area (Å²) in [5.74, 6) is 0.894. The Labute approximate surface area is 116 Å². The lowest BCUT2D eigenvalue weighted by molar-refractivity contribution is 0.590. The van der Waals surface area contributed by atoms with E-state index in [4.69, 9.17) is 0 Å². The monoisotopic (exact) mass is 308 g/mol. The highest BCUT2D eigenvalue weighted by Gasteiger charge is 2.20. The van der Waals surface area contributed by atoms with E-state index in [1.165, 1.54) is 0 Å². The number of halogens is 1. The molecule has 0 saturated carbocycles. The largest absolute Gasteiger partial charge is 0.311 e. The van der Waals surface area contributed by atoms with Gasteiger partial charge in [-0.2, -0.15) is 4.98 Å². The van der Waals surface area contributed by atoms with Gasteiger partial charge in [-0.3, -0.25) is 0 Å². The van der Waals surface area contributed by atoms with Gasteiger partial charge in [-0.15, -0.1) is 5.10 Å². The summed E-state index contributed by atoms with van der Waals surface area (Å²) in [5.41, 5.74) is 1.09. The summed E-state index contributed by atoms with van der Waals surface area (Å²) >= 11 is 3.35. The fourth-order valence-corrected chi connectivity index (χ4v) is 2.41. The summed E-state index contributed by atoms with van der Waals surface area (Å²) in [6, 6.07) is 0.